The van der Waals surface area contributed by atoms with Gasteiger partial charge < -0.3 is 10.2 Å². The zero-order chi connectivity index (χ0) is 30.2. The molecule has 0 saturated carbocycles. The van der Waals surface area contributed by atoms with E-state index in [1.807, 2.05) is 36.4 Å². The van der Waals surface area contributed by atoms with Crippen LogP contribution in [0.4, 0.5) is 0 Å². The summed E-state index contributed by atoms with van der Waals surface area (Å²) in [6, 6.07) is 64.6. The molecule has 0 heterocycles. The minimum Gasteiger partial charge on any atom is -0.391 e. The maximum Gasteiger partial charge on any atom is 0.150 e. The first-order valence-corrected chi connectivity index (χ1v) is 19.8. The molecule has 2 unspecified atom stereocenters. The summed E-state index contributed by atoms with van der Waals surface area (Å²) >= 11 is 0. The van der Waals surface area contributed by atoms with Crippen LogP contribution in [-0.4, -0.2) is 38.6 Å². The largest absolute Gasteiger partial charge is 0.391 e. The summed E-state index contributed by atoms with van der Waals surface area (Å²) in [7, 11) is -5.51. The van der Waals surface area contributed by atoms with Crippen molar-refractivity contribution in [3.05, 3.63) is 182 Å². The van der Waals surface area contributed by atoms with Crippen LogP contribution in [-0.2, 0) is 0 Å². The molecule has 6 aromatic rings. The third-order valence-corrected chi connectivity index (χ3v) is 19.0. The van der Waals surface area contributed by atoms with Gasteiger partial charge in [0.1, 0.15) is 0 Å². The lowest BCUT2D eigenvalue weighted by Crippen LogP contribution is -2.70. The smallest absolute Gasteiger partial charge is 0.150 e. The Balaban J connectivity index is 1.48. The Hall–Kier alpha value is -4.33. The Morgan fingerprint density at radius 2 is 0.455 bits per heavy atom. The van der Waals surface area contributed by atoms with Gasteiger partial charge in [-0.3, -0.25) is 0 Å². The standard InChI is InChI=1S/C40H38O2Si2/c41-39(31-43(33-19-7-1-8-20-33,34-21-9-2-10-22-34)35-23-11-3-12-24-35)40(42)32-44(36-25-13-4-14-26-36,37-27-15-5-16-28-37)38-29-17-6-18-30-38/h1-30,39-42H,31-32H2. The van der Waals surface area contributed by atoms with E-state index in [1.165, 1.54) is 31.1 Å². The molecule has 0 aliphatic carbocycles. The number of rotatable bonds is 11. The highest BCUT2D eigenvalue weighted by Gasteiger charge is 2.46. The highest BCUT2D eigenvalue weighted by molar-refractivity contribution is 7.12. The van der Waals surface area contributed by atoms with Gasteiger partial charge in [0.25, 0.3) is 0 Å². The normalized spacial score (nSPS) is 13.2. The van der Waals surface area contributed by atoms with Crippen molar-refractivity contribution in [3.63, 3.8) is 0 Å². The Kier molecular flexibility index (Phi) is 9.15. The van der Waals surface area contributed by atoms with E-state index in [1.54, 1.807) is 0 Å². The molecule has 2 N–H and O–H groups in total. The molecule has 0 radical (unpaired) electrons. The van der Waals surface area contributed by atoms with Crippen molar-refractivity contribution >= 4 is 47.3 Å². The summed E-state index contributed by atoms with van der Waals surface area (Å²) in [5, 5.41) is 31.8. The van der Waals surface area contributed by atoms with Crippen molar-refractivity contribution in [1.29, 1.82) is 0 Å². The molecule has 4 heteroatoms. The topological polar surface area (TPSA) is 40.5 Å². The highest BCUT2D eigenvalue weighted by Crippen LogP contribution is 2.23. The minimum atomic E-state index is -2.76. The molecule has 0 bridgehead atoms. The summed E-state index contributed by atoms with van der Waals surface area (Å²) in [5.41, 5.74) is 0. The number of aliphatic hydroxyl groups is 2. The predicted octanol–water partition coefficient (Wildman–Crippen LogP) is 4.05. The van der Waals surface area contributed by atoms with Crippen LogP contribution in [0.3, 0.4) is 0 Å². The Bertz CT molecular complexity index is 1390. The van der Waals surface area contributed by atoms with Crippen molar-refractivity contribution in [2.75, 3.05) is 0 Å². The third kappa shape index (κ3) is 5.77. The lowest BCUT2D eigenvalue weighted by atomic mass is 10.2. The van der Waals surface area contributed by atoms with Gasteiger partial charge in [-0.2, -0.15) is 0 Å². The summed E-state index contributed by atoms with van der Waals surface area (Å²) in [5.74, 6) is 0. The third-order valence-electron chi connectivity index (χ3n) is 9.07. The molecule has 2 nitrogen and oxygen atoms in total. The van der Waals surface area contributed by atoms with Gasteiger partial charge in [0, 0.05) is 0 Å². The summed E-state index contributed by atoms with van der Waals surface area (Å²) in [6.07, 6.45) is -1.88. The minimum absolute atomic E-state index is 0.467. The molecule has 0 fully saturated rings. The van der Waals surface area contributed by atoms with Crippen molar-refractivity contribution in [2.24, 2.45) is 0 Å². The molecular weight excluding hydrogens is 569 g/mol. The SMILES string of the molecule is OC(C[Si](c1ccccc1)(c1ccccc1)c1ccccc1)C(O)C[Si](c1ccccc1)(c1ccccc1)c1ccccc1. The van der Waals surface area contributed by atoms with Gasteiger partial charge in [0.15, 0.2) is 16.1 Å². The predicted molar refractivity (Wildman–Crippen MR) is 190 cm³/mol. The van der Waals surface area contributed by atoms with E-state index in [2.05, 4.69) is 146 Å². The first-order chi connectivity index (χ1) is 21.6. The van der Waals surface area contributed by atoms with Crippen LogP contribution >= 0.6 is 0 Å². The second-order valence-corrected chi connectivity index (χ2v) is 19.5. The molecule has 0 saturated heterocycles. The van der Waals surface area contributed by atoms with Gasteiger partial charge in [-0.25, -0.2) is 0 Å². The molecule has 0 aromatic heterocycles. The van der Waals surface area contributed by atoms with E-state index in [-0.39, 0.29) is 0 Å². The summed E-state index contributed by atoms with van der Waals surface area (Å²) < 4.78 is 0. The van der Waals surface area contributed by atoms with Crippen LogP contribution < -0.4 is 31.1 Å². The Morgan fingerprint density at radius 3 is 0.614 bits per heavy atom. The molecule has 218 valence electrons. The van der Waals surface area contributed by atoms with Crippen molar-refractivity contribution in [2.45, 2.75) is 24.3 Å². The number of hydrogen-bond donors (Lipinski definition) is 2. The van der Waals surface area contributed by atoms with Crippen LogP contribution in [0.25, 0.3) is 0 Å². The van der Waals surface area contributed by atoms with Crippen molar-refractivity contribution < 1.29 is 10.2 Å². The van der Waals surface area contributed by atoms with Crippen LogP contribution in [0.15, 0.2) is 182 Å². The highest BCUT2D eigenvalue weighted by atomic mass is 28.3. The van der Waals surface area contributed by atoms with Gasteiger partial charge in [0.2, 0.25) is 0 Å². The average molecular weight is 607 g/mol. The van der Waals surface area contributed by atoms with E-state index >= 15 is 0 Å². The molecule has 44 heavy (non-hydrogen) atoms. The molecule has 2 atom stereocenters. The van der Waals surface area contributed by atoms with Gasteiger partial charge in [-0.1, -0.05) is 182 Å². The number of aliphatic hydroxyl groups excluding tert-OH is 2. The second-order valence-electron chi connectivity index (χ2n) is 11.5. The van der Waals surface area contributed by atoms with E-state index in [0.29, 0.717) is 12.1 Å². The molecule has 0 amide bonds. The second kappa shape index (κ2) is 13.5. The zero-order valence-electron chi connectivity index (χ0n) is 24.8. The number of benzene rings is 6. The van der Waals surface area contributed by atoms with E-state index in [9.17, 15) is 10.2 Å². The van der Waals surface area contributed by atoms with Crippen LogP contribution in [0, 0.1) is 0 Å². The maximum atomic E-state index is 12.2. The van der Waals surface area contributed by atoms with Crippen molar-refractivity contribution in [1.82, 2.24) is 0 Å². The van der Waals surface area contributed by atoms with Crippen LogP contribution in [0.1, 0.15) is 0 Å². The first kappa shape index (κ1) is 29.7. The van der Waals surface area contributed by atoms with Gasteiger partial charge in [-0.05, 0) is 43.2 Å². The van der Waals surface area contributed by atoms with Gasteiger partial charge in [-0.15, -0.1) is 0 Å². The van der Waals surface area contributed by atoms with Gasteiger partial charge in [0.05, 0.1) is 12.2 Å². The quantitative estimate of drug-likeness (QED) is 0.173. The lowest BCUT2D eigenvalue weighted by molar-refractivity contribution is 0.0429. The Morgan fingerprint density at radius 1 is 0.295 bits per heavy atom. The molecule has 6 rings (SSSR count). The van der Waals surface area contributed by atoms with Crippen LogP contribution in [0.2, 0.25) is 12.1 Å². The summed E-state index contributed by atoms with van der Waals surface area (Å²) in [4.78, 5) is 0. The van der Waals surface area contributed by atoms with E-state index < -0.39 is 28.4 Å². The molecule has 0 spiro atoms. The zero-order valence-corrected chi connectivity index (χ0v) is 26.8. The fourth-order valence-corrected chi connectivity index (χ4v) is 16.7. The van der Waals surface area contributed by atoms with E-state index in [0.717, 1.165) is 0 Å². The number of hydrogen-bond acceptors (Lipinski definition) is 2. The first-order valence-electron chi connectivity index (χ1n) is 15.3. The molecular formula is C40H38O2Si2. The van der Waals surface area contributed by atoms with E-state index in [4.69, 9.17) is 0 Å². The van der Waals surface area contributed by atoms with Gasteiger partial charge >= 0.3 is 0 Å². The molecule has 0 aliphatic heterocycles. The fraction of sp³-hybridized carbons (Fsp3) is 0.100. The van der Waals surface area contributed by atoms with Crippen LogP contribution in [0.5, 0.6) is 0 Å². The van der Waals surface area contributed by atoms with Crippen molar-refractivity contribution in [3.8, 4) is 0 Å². The summed E-state index contributed by atoms with van der Waals surface area (Å²) in [6.45, 7) is 0. The monoisotopic (exact) mass is 606 g/mol. The molecule has 0 aliphatic rings. The maximum absolute atomic E-state index is 12.2. The average Bonchev–Trinajstić information content (AvgIpc) is 3.11. The Labute approximate surface area is 263 Å². The molecule has 6 aromatic carbocycles. The lowest BCUT2D eigenvalue weighted by Gasteiger charge is -2.39. The fourth-order valence-electron chi connectivity index (χ4n) is 6.94.